The Balaban J connectivity index is 2.88. The average Bonchev–Trinajstić information content (AvgIpc) is 2.25. The quantitative estimate of drug-likeness (QED) is 0.833. The average molecular weight is 222 g/mol. The van der Waals surface area contributed by atoms with E-state index in [0.717, 1.165) is 11.3 Å². The SMILES string of the molecule is COc1ccc(C(CC(C)C)C(=O)O)cc1. The maximum Gasteiger partial charge on any atom is 0.310 e. The highest BCUT2D eigenvalue weighted by molar-refractivity contribution is 5.76. The van der Waals surface area contributed by atoms with Crippen molar-refractivity contribution in [2.45, 2.75) is 26.2 Å². The number of carboxylic acid groups (broad SMARTS) is 1. The van der Waals surface area contributed by atoms with Crippen LogP contribution in [0, 0.1) is 5.92 Å². The van der Waals surface area contributed by atoms with E-state index in [2.05, 4.69) is 0 Å². The number of benzene rings is 1. The topological polar surface area (TPSA) is 46.5 Å². The molecule has 1 rings (SSSR count). The standard InChI is InChI=1S/C13H18O3/c1-9(2)8-12(13(14)15)10-4-6-11(16-3)7-5-10/h4-7,9,12H,8H2,1-3H3,(H,14,15). The fourth-order valence-corrected chi connectivity index (χ4v) is 1.69. The van der Waals surface area contributed by atoms with Crippen molar-refractivity contribution in [2.75, 3.05) is 7.11 Å². The summed E-state index contributed by atoms with van der Waals surface area (Å²) in [6.45, 7) is 4.05. The number of aliphatic carboxylic acids is 1. The molecule has 0 fully saturated rings. The molecule has 3 heteroatoms. The van der Waals surface area contributed by atoms with Gasteiger partial charge in [-0.15, -0.1) is 0 Å². The van der Waals surface area contributed by atoms with E-state index in [1.807, 2.05) is 26.0 Å². The zero-order chi connectivity index (χ0) is 12.1. The summed E-state index contributed by atoms with van der Waals surface area (Å²) in [5.41, 5.74) is 0.835. The van der Waals surface area contributed by atoms with Crippen LogP contribution in [0.25, 0.3) is 0 Å². The molecule has 0 aliphatic rings. The Morgan fingerprint density at radius 2 is 1.88 bits per heavy atom. The fraction of sp³-hybridized carbons (Fsp3) is 0.462. The van der Waals surface area contributed by atoms with E-state index in [1.54, 1.807) is 19.2 Å². The number of methoxy groups -OCH3 is 1. The maximum atomic E-state index is 11.2. The summed E-state index contributed by atoms with van der Waals surface area (Å²) in [6.07, 6.45) is 0.654. The Kier molecular flexibility index (Phi) is 4.35. The molecular weight excluding hydrogens is 204 g/mol. The van der Waals surface area contributed by atoms with Crippen LogP contribution in [0.4, 0.5) is 0 Å². The van der Waals surface area contributed by atoms with Gasteiger partial charge in [-0.05, 0) is 30.0 Å². The van der Waals surface area contributed by atoms with Crippen LogP contribution < -0.4 is 4.74 Å². The van der Waals surface area contributed by atoms with E-state index in [-0.39, 0.29) is 0 Å². The molecule has 88 valence electrons. The molecule has 0 saturated carbocycles. The second-order valence-corrected chi connectivity index (χ2v) is 4.29. The van der Waals surface area contributed by atoms with Gasteiger partial charge < -0.3 is 9.84 Å². The molecule has 0 aliphatic heterocycles. The fourth-order valence-electron chi connectivity index (χ4n) is 1.69. The third-order valence-electron chi connectivity index (χ3n) is 2.52. The van der Waals surface area contributed by atoms with Crippen molar-refractivity contribution in [3.05, 3.63) is 29.8 Å². The Labute approximate surface area is 96.1 Å². The van der Waals surface area contributed by atoms with E-state index >= 15 is 0 Å². The van der Waals surface area contributed by atoms with Crippen molar-refractivity contribution < 1.29 is 14.6 Å². The second-order valence-electron chi connectivity index (χ2n) is 4.29. The van der Waals surface area contributed by atoms with Gasteiger partial charge in [0.25, 0.3) is 0 Å². The van der Waals surface area contributed by atoms with E-state index in [0.29, 0.717) is 12.3 Å². The zero-order valence-electron chi connectivity index (χ0n) is 9.93. The molecule has 1 unspecified atom stereocenters. The smallest absolute Gasteiger partial charge is 0.310 e. The van der Waals surface area contributed by atoms with Gasteiger partial charge in [-0.1, -0.05) is 26.0 Å². The van der Waals surface area contributed by atoms with Crippen LogP contribution >= 0.6 is 0 Å². The summed E-state index contributed by atoms with van der Waals surface area (Å²) in [5, 5.41) is 9.17. The monoisotopic (exact) mass is 222 g/mol. The Hall–Kier alpha value is -1.51. The molecule has 1 aromatic rings. The molecule has 0 saturated heterocycles. The summed E-state index contributed by atoms with van der Waals surface area (Å²) in [5.74, 6) is -0.0783. The van der Waals surface area contributed by atoms with E-state index in [1.165, 1.54) is 0 Å². The third-order valence-corrected chi connectivity index (χ3v) is 2.52. The summed E-state index contributed by atoms with van der Waals surface area (Å²) >= 11 is 0. The first-order chi connectivity index (χ1) is 7.54. The molecule has 1 N–H and O–H groups in total. The summed E-state index contributed by atoms with van der Waals surface area (Å²) < 4.78 is 5.04. The Morgan fingerprint density at radius 1 is 1.31 bits per heavy atom. The van der Waals surface area contributed by atoms with Crippen LogP contribution in [0.2, 0.25) is 0 Å². The number of carbonyl (C=O) groups is 1. The lowest BCUT2D eigenvalue weighted by atomic mass is 9.90. The minimum Gasteiger partial charge on any atom is -0.497 e. The van der Waals surface area contributed by atoms with Gasteiger partial charge in [-0.25, -0.2) is 0 Å². The lowest BCUT2D eigenvalue weighted by Gasteiger charge is -2.15. The van der Waals surface area contributed by atoms with Gasteiger partial charge in [0.2, 0.25) is 0 Å². The molecule has 0 aromatic heterocycles. The number of ether oxygens (including phenoxy) is 1. The number of carboxylic acids is 1. The maximum absolute atomic E-state index is 11.2. The first-order valence-electron chi connectivity index (χ1n) is 5.41. The van der Waals surface area contributed by atoms with E-state index in [4.69, 9.17) is 4.74 Å². The zero-order valence-corrected chi connectivity index (χ0v) is 9.93. The van der Waals surface area contributed by atoms with Gasteiger partial charge in [0.1, 0.15) is 5.75 Å². The molecule has 0 radical (unpaired) electrons. The van der Waals surface area contributed by atoms with Crippen molar-refractivity contribution in [3.63, 3.8) is 0 Å². The van der Waals surface area contributed by atoms with Gasteiger partial charge in [0, 0.05) is 0 Å². The highest BCUT2D eigenvalue weighted by atomic mass is 16.5. The van der Waals surface area contributed by atoms with Crippen LogP contribution in [0.1, 0.15) is 31.7 Å². The van der Waals surface area contributed by atoms with Gasteiger partial charge in [0.15, 0.2) is 0 Å². The second kappa shape index (κ2) is 5.54. The van der Waals surface area contributed by atoms with Crippen LogP contribution in [-0.2, 0) is 4.79 Å². The Morgan fingerprint density at radius 3 is 2.25 bits per heavy atom. The predicted molar refractivity (Wildman–Crippen MR) is 62.8 cm³/mol. The van der Waals surface area contributed by atoms with Crippen molar-refractivity contribution in [1.29, 1.82) is 0 Å². The van der Waals surface area contributed by atoms with Crippen molar-refractivity contribution >= 4 is 5.97 Å². The van der Waals surface area contributed by atoms with Crippen molar-refractivity contribution in [1.82, 2.24) is 0 Å². The number of hydrogen-bond donors (Lipinski definition) is 1. The minimum absolute atomic E-state index is 0.364. The highest BCUT2D eigenvalue weighted by Crippen LogP contribution is 2.25. The molecule has 16 heavy (non-hydrogen) atoms. The van der Waals surface area contributed by atoms with Gasteiger partial charge in [-0.3, -0.25) is 4.79 Å². The number of hydrogen-bond acceptors (Lipinski definition) is 2. The predicted octanol–water partition coefficient (Wildman–Crippen LogP) is 2.91. The highest BCUT2D eigenvalue weighted by Gasteiger charge is 2.20. The molecular formula is C13H18O3. The van der Waals surface area contributed by atoms with Crippen LogP contribution in [0.15, 0.2) is 24.3 Å². The van der Waals surface area contributed by atoms with Crippen LogP contribution in [-0.4, -0.2) is 18.2 Å². The molecule has 1 aromatic carbocycles. The normalized spacial score (nSPS) is 12.5. The van der Waals surface area contributed by atoms with Crippen LogP contribution in [0.3, 0.4) is 0 Å². The van der Waals surface area contributed by atoms with Gasteiger partial charge in [-0.2, -0.15) is 0 Å². The first-order valence-corrected chi connectivity index (χ1v) is 5.41. The molecule has 0 bridgehead atoms. The molecule has 3 nitrogen and oxygen atoms in total. The first kappa shape index (κ1) is 12.6. The van der Waals surface area contributed by atoms with Crippen molar-refractivity contribution in [2.24, 2.45) is 5.92 Å². The van der Waals surface area contributed by atoms with E-state index in [9.17, 15) is 9.90 Å². The largest absolute Gasteiger partial charge is 0.497 e. The lowest BCUT2D eigenvalue weighted by Crippen LogP contribution is -2.13. The summed E-state index contributed by atoms with van der Waals surface area (Å²) in [4.78, 5) is 11.2. The van der Waals surface area contributed by atoms with Crippen molar-refractivity contribution in [3.8, 4) is 5.75 Å². The Bertz CT molecular complexity index is 341. The third kappa shape index (κ3) is 3.26. The molecule has 1 atom stereocenters. The molecule has 0 amide bonds. The molecule has 0 aliphatic carbocycles. The number of rotatable bonds is 5. The summed E-state index contributed by atoms with van der Waals surface area (Å²) in [6, 6.07) is 7.23. The minimum atomic E-state index is -0.765. The van der Waals surface area contributed by atoms with Crippen LogP contribution in [0.5, 0.6) is 5.75 Å². The summed E-state index contributed by atoms with van der Waals surface area (Å²) in [7, 11) is 1.60. The van der Waals surface area contributed by atoms with Gasteiger partial charge in [0.05, 0.1) is 13.0 Å². The van der Waals surface area contributed by atoms with E-state index < -0.39 is 11.9 Å². The molecule has 0 heterocycles. The lowest BCUT2D eigenvalue weighted by molar-refractivity contribution is -0.139. The van der Waals surface area contributed by atoms with Gasteiger partial charge >= 0.3 is 5.97 Å². The molecule has 0 spiro atoms.